The van der Waals surface area contributed by atoms with Crippen LogP contribution in [0.2, 0.25) is 0 Å². The second kappa shape index (κ2) is 5.07. The molecule has 0 spiro atoms. The molecule has 0 aromatic carbocycles. The van der Waals surface area contributed by atoms with Gasteiger partial charge in [0.2, 0.25) is 0 Å². The fraction of sp³-hybridized carbons (Fsp3) is 0.625. The molecule has 0 fully saturated rings. The molecule has 15 heavy (non-hydrogen) atoms. The van der Waals surface area contributed by atoms with Gasteiger partial charge in [0.05, 0.1) is 9.90 Å². The number of aryl methyl sites for hydroxylation is 1. The van der Waals surface area contributed by atoms with Crippen molar-refractivity contribution in [2.24, 2.45) is 0 Å². The number of alkyl halides is 3. The van der Waals surface area contributed by atoms with Crippen molar-refractivity contribution >= 4 is 28.2 Å². The predicted octanol–water partition coefficient (Wildman–Crippen LogP) is 3.47. The standard InChI is InChI=1S/C8H11F3N2S2/c1-5-6(15-7(12)13-5)14-4-2-3-8(9,10)11/h2-4H2,1H3,(H2,12,13). The number of halogens is 3. The number of hydrogen-bond donors (Lipinski definition) is 1. The molecule has 0 aliphatic rings. The van der Waals surface area contributed by atoms with Crippen LogP contribution in [0.3, 0.4) is 0 Å². The molecule has 0 saturated heterocycles. The summed E-state index contributed by atoms with van der Waals surface area (Å²) in [5, 5.41) is 0.464. The van der Waals surface area contributed by atoms with Crippen molar-refractivity contribution in [1.82, 2.24) is 4.98 Å². The van der Waals surface area contributed by atoms with Crippen LogP contribution in [-0.4, -0.2) is 16.9 Å². The number of aromatic nitrogens is 1. The minimum atomic E-state index is -4.05. The average Bonchev–Trinajstić information content (AvgIpc) is 2.37. The van der Waals surface area contributed by atoms with E-state index in [0.29, 0.717) is 10.9 Å². The Balaban J connectivity index is 2.29. The van der Waals surface area contributed by atoms with Gasteiger partial charge in [-0.3, -0.25) is 0 Å². The molecule has 0 amide bonds. The van der Waals surface area contributed by atoms with Crippen LogP contribution >= 0.6 is 23.1 Å². The van der Waals surface area contributed by atoms with E-state index in [9.17, 15) is 13.2 Å². The van der Waals surface area contributed by atoms with Gasteiger partial charge in [-0.05, 0) is 19.1 Å². The van der Waals surface area contributed by atoms with Crippen LogP contribution in [-0.2, 0) is 0 Å². The Kier molecular flexibility index (Phi) is 4.27. The Morgan fingerprint density at radius 2 is 2.13 bits per heavy atom. The summed E-state index contributed by atoms with van der Waals surface area (Å²) in [7, 11) is 0. The van der Waals surface area contributed by atoms with Gasteiger partial charge in [-0.1, -0.05) is 11.3 Å². The van der Waals surface area contributed by atoms with E-state index in [2.05, 4.69) is 4.98 Å². The summed E-state index contributed by atoms with van der Waals surface area (Å²) in [5.74, 6) is 0.446. The minimum Gasteiger partial charge on any atom is -0.375 e. The minimum absolute atomic E-state index is 0.130. The summed E-state index contributed by atoms with van der Waals surface area (Å²) in [6, 6.07) is 0. The molecule has 0 aliphatic heterocycles. The summed E-state index contributed by atoms with van der Waals surface area (Å²) in [5.41, 5.74) is 6.27. The first-order valence-electron chi connectivity index (χ1n) is 4.31. The Morgan fingerprint density at radius 1 is 1.47 bits per heavy atom. The monoisotopic (exact) mass is 256 g/mol. The molecule has 1 heterocycles. The van der Waals surface area contributed by atoms with Gasteiger partial charge in [0.1, 0.15) is 0 Å². The fourth-order valence-corrected chi connectivity index (χ4v) is 3.01. The summed E-state index contributed by atoms with van der Waals surface area (Å²) in [6.07, 6.45) is -4.65. The molecule has 2 nitrogen and oxygen atoms in total. The molecule has 0 atom stereocenters. The van der Waals surface area contributed by atoms with Gasteiger partial charge < -0.3 is 5.73 Å². The maximum atomic E-state index is 11.8. The van der Waals surface area contributed by atoms with E-state index < -0.39 is 12.6 Å². The van der Waals surface area contributed by atoms with Crippen LogP contribution in [0.4, 0.5) is 18.3 Å². The predicted molar refractivity (Wildman–Crippen MR) is 57.3 cm³/mol. The first kappa shape index (κ1) is 12.6. The third kappa shape index (κ3) is 4.74. The van der Waals surface area contributed by atoms with E-state index >= 15 is 0 Å². The SMILES string of the molecule is Cc1nc(N)sc1SCCCC(F)(F)F. The highest BCUT2D eigenvalue weighted by Gasteiger charge is 2.25. The zero-order valence-corrected chi connectivity index (χ0v) is 9.73. The number of rotatable bonds is 4. The molecule has 2 N–H and O–H groups in total. The molecule has 7 heteroatoms. The zero-order chi connectivity index (χ0) is 11.5. The van der Waals surface area contributed by atoms with E-state index in [-0.39, 0.29) is 6.42 Å². The largest absolute Gasteiger partial charge is 0.389 e. The van der Waals surface area contributed by atoms with Crippen molar-refractivity contribution in [3.63, 3.8) is 0 Å². The second-order valence-corrected chi connectivity index (χ2v) is 5.39. The first-order chi connectivity index (χ1) is 6.88. The highest BCUT2D eigenvalue weighted by Crippen LogP contribution is 2.32. The number of anilines is 1. The lowest BCUT2D eigenvalue weighted by molar-refractivity contribution is -0.134. The number of nitrogens with two attached hydrogens (primary N) is 1. The number of thioether (sulfide) groups is 1. The van der Waals surface area contributed by atoms with Crippen LogP contribution in [0.15, 0.2) is 4.21 Å². The van der Waals surface area contributed by atoms with Gasteiger partial charge in [-0.15, -0.1) is 11.8 Å². The molecule has 0 saturated carbocycles. The van der Waals surface area contributed by atoms with Crippen molar-refractivity contribution in [3.05, 3.63) is 5.69 Å². The van der Waals surface area contributed by atoms with Gasteiger partial charge in [0.15, 0.2) is 5.13 Å². The van der Waals surface area contributed by atoms with Crippen LogP contribution < -0.4 is 5.73 Å². The third-order valence-electron chi connectivity index (χ3n) is 1.61. The summed E-state index contributed by atoms with van der Waals surface area (Å²) in [6.45, 7) is 1.80. The van der Waals surface area contributed by atoms with Gasteiger partial charge in [0.25, 0.3) is 0 Å². The number of thiazole rings is 1. The summed E-state index contributed by atoms with van der Waals surface area (Å²) in [4.78, 5) is 3.99. The molecular formula is C8H11F3N2S2. The molecule has 1 aromatic heterocycles. The van der Waals surface area contributed by atoms with Gasteiger partial charge >= 0.3 is 6.18 Å². The molecule has 0 radical (unpaired) electrons. The molecule has 1 aromatic rings. The van der Waals surface area contributed by atoms with Crippen molar-refractivity contribution in [1.29, 1.82) is 0 Å². The number of nitrogen functional groups attached to an aromatic ring is 1. The van der Waals surface area contributed by atoms with E-state index in [1.165, 1.54) is 23.1 Å². The maximum absolute atomic E-state index is 11.8. The molecule has 1 rings (SSSR count). The van der Waals surface area contributed by atoms with Crippen molar-refractivity contribution in [2.75, 3.05) is 11.5 Å². The van der Waals surface area contributed by atoms with Crippen LogP contribution in [0.25, 0.3) is 0 Å². The Labute approximate surface area is 94.1 Å². The summed E-state index contributed by atoms with van der Waals surface area (Å²) >= 11 is 2.71. The fourth-order valence-electron chi connectivity index (χ4n) is 0.974. The van der Waals surface area contributed by atoms with E-state index in [1.54, 1.807) is 6.92 Å². The van der Waals surface area contributed by atoms with Crippen molar-refractivity contribution < 1.29 is 13.2 Å². The number of nitrogens with zero attached hydrogens (tertiary/aromatic N) is 1. The quantitative estimate of drug-likeness (QED) is 0.662. The van der Waals surface area contributed by atoms with Crippen molar-refractivity contribution in [3.8, 4) is 0 Å². The lowest BCUT2D eigenvalue weighted by atomic mass is 10.3. The molecular weight excluding hydrogens is 245 g/mol. The van der Waals surface area contributed by atoms with Crippen LogP contribution in [0.5, 0.6) is 0 Å². The van der Waals surface area contributed by atoms with E-state index in [4.69, 9.17) is 5.73 Å². The van der Waals surface area contributed by atoms with E-state index in [1.807, 2.05) is 0 Å². The highest BCUT2D eigenvalue weighted by molar-refractivity contribution is 8.01. The Bertz CT molecular complexity index is 322. The van der Waals surface area contributed by atoms with Gasteiger partial charge in [0, 0.05) is 6.42 Å². The normalized spacial score (nSPS) is 12.0. The lowest BCUT2D eigenvalue weighted by Gasteiger charge is -2.04. The average molecular weight is 256 g/mol. The lowest BCUT2D eigenvalue weighted by Crippen LogP contribution is -2.06. The Hall–Kier alpha value is -0.430. The second-order valence-electron chi connectivity index (χ2n) is 2.99. The first-order valence-corrected chi connectivity index (χ1v) is 6.11. The number of hydrogen-bond acceptors (Lipinski definition) is 4. The van der Waals surface area contributed by atoms with Gasteiger partial charge in [-0.2, -0.15) is 13.2 Å². The van der Waals surface area contributed by atoms with Gasteiger partial charge in [-0.25, -0.2) is 4.98 Å². The van der Waals surface area contributed by atoms with Crippen LogP contribution in [0.1, 0.15) is 18.5 Å². The van der Waals surface area contributed by atoms with Crippen LogP contribution in [0, 0.1) is 6.92 Å². The highest BCUT2D eigenvalue weighted by atomic mass is 32.2. The Morgan fingerprint density at radius 3 is 2.60 bits per heavy atom. The van der Waals surface area contributed by atoms with Crippen molar-refractivity contribution in [2.45, 2.75) is 30.2 Å². The third-order valence-corrected chi connectivity index (χ3v) is 4.04. The molecule has 0 bridgehead atoms. The van der Waals surface area contributed by atoms with E-state index in [0.717, 1.165) is 9.90 Å². The smallest absolute Gasteiger partial charge is 0.375 e. The molecule has 86 valence electrons. The molecule has 0 aliphatic carbocycles. The zero-order valence-electron chi connectivity index (χ0n) is 8.10. The maximum Gasteiger partial charge on any atom is 0.389 e. The molecule has 0 unspecified atom stereocenters. The topological polar surface area (TPSA) is 38.9 Å². The summed E-state index contributed by atoms with van der Waals surface area (Å²) < 4.78 is 36.4.